The van der Waals surface area contributed by atoms with Gasteiger partial charge in [-0.25, -0.2) is 0 Å². The number of aliphatic hydroxyl groups is 1. The Hall–Kier alpha value is -2.39. The number of nitrogens with one attached hydrogen (secondary N) is 2. The van der Waals surface area contributed by atoms with Crippen LogP contribution in [0.1, 0.15) is 15.9 Å². The fraction of sp³-hybridized carbons (Fsp3) is 0.250. The summed E-state index contributed by atoms with van der Waals surface area (Å²) in [6.45, 7) is -0.352. The van der Waals surface area contributed by atoms with E-state index in [9.17, 15) is 9.59 Å². The zero-order chi connectivity index (χ0) is 13.4. The first-order chi connectivity index (χ1) is 8.67. The van der Waals surface area contributed by atoms with E-state index in [-0.39, 0.29) is 19.1 Å². The van der Waals surface area contributed by atoms with Gasteiger partial charge >= 0.3 is 0 Å². The van der Waals surface area contributed by atoms with E-state index in [4.69, 9.17) is 5.11 Å². The quantitative estimate of drug-likeness (QED) is 0.591. The standard InChI is InChI=1S/C12H13N3O3/c1-13-11(17)8-15-12(18)10-5-9(3-2-4-16)6-14-7-10/h5-7,16H,4,8H2,1H3,(H,13,17)(H,15,18). The number of amides is 2. The summed E-state index contributed by atoms with van der Waals surface area (Å²) in [6.07, 6.45) is 2.86. The predicted molar refractivity (Wildman–Crippen MR) is 64.6 cm³/mol. The Bertz CT molecular complexity index is 503. The Morgan fingerprint density at radius 2 is 2.22 bits per heavy atom. The largest absolute Gasteiger partial charge is 0.384 e. The van der Waals surface area contributed by atoms with E-state index in [0.29, 0.717) is 11.1 Å². The van der Waals surface area contributed by atoms with Gasteiger partial charge in [0.15, 0.2) is 0 Å². The lowest BCUT2D eigenvalue weighted by Crippen LogP contribution is -2.35. The molecule has 0 saturated heterocycles. The second-order valence-corrected chi connectivity index (χ2v) is 3.28. The number of pyridine rings is 1. The summed E-state index contributed by atoms with van der Waals surface area (Å²) in [4.78, 5) is 26.5. The molecule has 0 atom stereocenters. The molecule has 0 saturated carbocycles. The van der Waals surface area contributed by atoms with Crippen LogP contribution in [-0.2, 0) is 4.79 Å². The van der Waals surface area contributed by atoms with E-state index >= 15 is 0 Å². The lowest BCUT2D eigenvalue weighted by atomic mass is 10.2. The monoisotopic (exact) mass is 247 g/mol. The summed E-state index contributed by atoms with van der Waals surface area (Å²) in [6, 6.07) is 1.54. The van der Waals surface area contributed by atoms with Gasteiger partial charge in [0.25, 0.3) is 5.91 Å². The Morgan fingerprint density at radius 3 is 2.89 bits per heavy atom. The average molecular weight is 247 g/mol. The molecule has 18 heavy (non-hydrogen) atoms. The molecule has 1 aromatic heterocycles. The van der Waals surface area contributed by atoms with Crippen molar-refractivity contribution in [2.24, 2.45) is 0 Å². The van der Waals surface area contributed by atoms with Crippen LogP contribution in [0.2, 0.25) is 0 Å². The third kappa shape index (κ3) is 4.23. The van der Waals surface area contributed by atoms with Crippen molar-refractivity contribution >= 4 is 11.8 Å². The molecular formula is C12H13N3O3. The van der Waals surface area contributed by atoms with Crippen molar-refractivity contribution in [2.75, 3.05) is 20.2 Å². The van der Waals surface area contributed by atoms with E-state index in [2.05, 4.69) is 27.5 Å². The van der Waals surface area contributed by atoms with Gasteiger partial charge < -0.3 is 15.7 Å². The van der Waals surface area contributed by atoms with Crippen molar-refractivity contribution in [1.29, 1.82) is 0 Å². The highest BCUT2D eigenvalue weighted by Crippen LogP contribution is 2.01. The third-order valence-corrected chi connectivity index (χ3v) is 2.00. The molecule has 1 aromatic rings. The Balaban J connectivity index is 2.71. The lowest BCUT2D eigenvalue weighted by Gasteiger charge is -2.04. The maximum atomic E-state index is 11.7. The highest BCUT2D eigenvalue weighted by Gasteiger charge is 2.07. The molecule has 2 amide bonds. The Morgan fingerprint density at radius 1 is 1.44 bits per heavy atom. The van der Waals surface area contributed by atoms with Crippen molar-refractivity contribution in [3.63, 3.8) is 0 Å². The van der Waals surface area contributed by atoms with Crippen molar-refractivity contribution < 1.29 is 14.7 Å². The van der Waals surface area contributed by atoms with Gasteiger partial charge in [-0.1, -0.05) is 11.8 Å². The lowest BCUT2D eigenvalue weighted by molar-refractivity contribution is -0.119. The van der Waals surface area contributed by atoms with Crippen LogP contribution < -0.4 is 10.6 Å². The highest BCUT2D eigenvalue weighted by molar-refractivity contribution is 5.96. The summed E-state index contributed by atoms with van der Waals surface area (Å²) in [5.74, 6) is 4.42. The number of likely N-dealkylation sites (N-methyl/N-ethyl adjacent to an activating group) is 1. The molecule has 0 fully saturated rings. The SMILES string of the molecule is CNC(=O)CNC(=O)c1cncc(C#CCO)c1. The second kappa shape index (κ2) is 7.04. The second-order valence-electron chi connectivity index (χ2n) is 3.28. The summed E-state index contributed by atoms with van der Waals surface area (Å²) >= 11 is 0. The number of aromatic nitrogens is 1. The van der Waals surface area contributed by atoms with E-state index < -0.39 is 5.91 Å². The zero-order valence-electron chi connectivity index (χ0n) is 9.86. The number of aliphatic hydroxyl groups excluding tert-OH is 1. The molecule has 0 aliphatic carbocycles. The molecule has 1 heterocycles. The number of rotatable bonds is 3. The smallest absolute Gasteiger partial charge is 0.253 e. The van der Waals surface area contributed by atoms with Crippen molar-refractivity contribution in [1.82, 2.24) is 15.6 Å². The molecule has 6 heteroatoms. The predicted octanol–water partition coefficient (Wildman–Crippen LogP) is -1.10. The molecule has 0 aromatic carbocycles. The van der Waals surface area contributed by atoms with E-state index in [1.54, 1.807) is 0 Å². The molecule has 6 nitrogen and oxygen atoms in total. The number of hydrogen-bond acceptors (Lipinski definition) is 4. The Labute approximate surface area is 104 Å². The summed E-state index contributed by atoms with van der Waals surface area (Å²) in [7, 11) is 1.49. The van der Waals surface area contributed by atoms with E-state index in [1.807, 2.05) is 0 Å². The van der Waals surface area contributed by atoms with Crippen LogP contribution >= 0.6 is 0 Å². The molecule has 94 valence electrons. The van der Waals surface area contributed by atoms with Crippen LogP contribution in [-0.4, -0.2) is 42.1 Å². The van der Waals surface area contributed by atoms with Crippen molar-refractivity contribution in [3.05, 3.63) is 29.6 Å². The van der Waals surface area contributed by atoms with Crippen LogP contribution in [0.5, 0.6) is 0 Å². The topological polar surface area (TPSA) is 91.3 Å². The minimum absolute atomic E-state index is 0.0954. The molecule has 0 bridgehead atoms. The molecule has 0 spiro atoms. The van der Waals surface area contributed by atoms with Gasteiger partial charge in [-0.05, 0) is 6.07 Å². The average Bonchev–Trinajstić information content (AvgIpc) is 2.42. The van der Waals surface area contributed by atoms with Crippen LogP contribution in [0.25, 0.3) is 0 Å². The first-order valence-electron chi connectivity index (χ1n) is 5.21. The third-order valence-electron chi connectivity index (χ3n) is 2.00. The number of nitrogens with zero attached hydrogens (tertiary/aromatic N) is 1. The zero-order valence-corrected chi connectivity index (χ0v) is 9.86. The van der Waals surface area contributed by atoms with Gasteiger partial charge in [-0.2, -0.15) is 0 Å². The first kappa shape index (κ1) is 13.7. The molecule has 0 radical (unpaired) electrons. The van der Waals surface area contributed by atoms with Gasteiger partial charge in [0, 0.05) is 25.0 Å². The van der Waals surface area contributed by atoms with Gasteiger partial charge in [-0.3, -0.25) is 14.6 Å². The minimum atomic E-state index is -0.404. The maximum absolute atomic E-state index is 11.7. The molecule has 0 unspecified atom stereocenters. The van der Waals surface area contributed by atoms with Gasteiger partial charge in [0.1, 0.15) is 6.61 Å². The van der Waals surface area contributed by atoms with Crippen LogP contribution in [0.3, 0.4) is 0 Å². The summed E-state index contributed by atoms with van der Waals surface area (Å²) < 4.78 is 0. The van der Waals surface area contributed by atoms with E-state index in [0.717, 1.165) is 0 Å². The fourth-order valence-electron chi connectivity index (χ4n) is 1.13. The summed E-state index contributed by atoms with van der Waals surface area (Å²) in [5.41, 5.74) is 0.834. The molecule has 0 aliphatic heterocycles. The Kier molecular flexibility index (Phi) is 5.35. The first-order valence-corrected chi connectivity index (χ1v) is 5.21. The van der Waals surface area contributed by atoms with Crippen molar-refractivity contribution in [2.45, 2.75) is 0 Å². The number of carbonyl (C=O) groups excluding carboxylic acids is 2. The number of carbonyl (C=O) groups is 2. The minimum Gasteiger partial charge on any atom is -0.384 e. The van der Waals surface area contributed by atoms with Crippen molar-refractivity contribution in [3.8, 4) is 11.8 Å². The fourth-order valence-corrected chi connectivity index (χ4v) is 1.13. The van der Waals surface area contributed by atoms with Crippen LogP contribution in [0, 0.1) is 11.8 Å². The highest BCUT2D eigenvalue weighted by atomic mass is 16.2. The summed E-state index contributed by atoms with van der Waals surface area (Å²) in [5, 5.41) is 13.4. The van der Waals surface area contributed by atoms with Gasteiger partial charge in [0.2, 0.25) is 5.91 Å². The van der Waals surface area contributed by atoms with Crippen LogP contribution in [0.4, 0.5) is 0 Å². The molecule has 3 N–H and O–H groups in total. The molecule has 1 rings (SSSR count). The maximum Gasteiger partial charge on any atom is 0.253 e. The van der Waals surface area contributed by atoms with Crippen LogP contribution in [0.15, 0.2) is 18.5 Å². The molecule has 0 aliphatic rings. The molecular weight excluding hydrogens is 234 g/mol. The van der Waals surface area contributed by atoms with E-state index in [1.165, 1.54) is 25.5 Å². The van der Waals surface area contributed by atoms with Gasteiger partial charge in [0.05, 0.1) is 12.1 Å². The number of hydrogen-bond donors (Lipinski definition) is 3. The van der Waals surface area contributed by atoms with Gasteiger partial charge in [-0.15, -0.1) is 0 Å². The normalized spacial score (nSPS) is 9.00.